The van der Waals surface area contributed by atoms with Gasteiger partial charge in [-0.3, -0.25) is 4.90 Å². The van der Waals surface area contributed by atoms with Crippen molar-refractivity contribution in [2.45, 2.75) is 38.3 Å². The van der Waals surface area contributed by atoms with Crippen LogP contribution in [0.3, 0.4) is 0 Å². The van der Waals surface area contributed by atoms with Gasteiger partial charge in [0, 0.05) is 12.1 Å². The summed E-state index contributed by atoms with van der Waals surface area (Å²) in [6.07, 6.45) is 0. The van der Waals surface area contributed by atoms with Crippen LogP contribution in [0.2, 0.25) is 0 Å². The van der Waals surface area contributed by atoms with Gasteiger partial charge in [-0.2, -0.15) is 0 Å². The van der Waals surface area contributed by atoms with Gasteiger partial charge < -0.3 is 5.73 Å². The predicted molar refractivity (Wildman–Crippen MR) is 44.2 cm³/mol. The van der Waals surface area contributed by atoms with E-state index in [4.69, 9.17) is 5.73 Å². The molecule has 0 aliphatic carbocycles. The quantitative estimate of drug-likeness (QED) is 0.601. The topological polar surface area (TPSA) is 29.3 Å². The minimum Gasteiger partial charge on any atom is -0.322 e. The van der Waals surface area contributed by atoms with Crippen molar-refractivity contribution in [2.24, 2.45) is 5.73 Å². The standard InChI is InChI=1S/C8H16F2N2/c1-7(2,3)12-4-6(11)8(9,10)5-12/h6H,4-5,11H2,1-3H3. The summed E-state index contributed by atoms with van der Waals surface area (Å²) in [4.78, 5) is 1.72. The third-order valence-corrected chi connectivity index (χ3v) is 2.31. The molecule has 1 atom stereocenters. The van der Waals surface area contributed by atoms with Gasteiger partial charge in [-0.05, 0) is 20.8 Å². The smallest absolute Gasteiger partial charge is 0.276 e. The molecular weight excluding hydrogens is 162 g/mol. The zero-order valence-electron chi connectivity index (χ0n) is 7.77. The largest absolute Gasteiger partial charge is 0.322 e. The third kappa shape index (κ3) is 1.75. The van der Waals surface area contributed by atoms with Crippen molar-refractivity contribution in [1.82, 2.24) is 4.90 Å². The lowest BCUT2D eigenvalue weighted by atomic mass is 10.1. The third-order valence-electron chi connectivity index (χ3n) is 2.31. The Kier molecular flexibility index (Phi) is 2.17. The summed E-state index contributed by atoms with van der Waals surface area (Å²) in [6.45, 7) is 5.83. The second kappa shape index (κ2) is 2.64. The maximum atomic E-state index is 13.0. The second-order valence-corrected chi connectivity index (χ2v) is 4.42. The SMILES string of the molecule is CC(C)(C)N1CC(N)C(F)(F)C1. The molecule has 12 heavy (non-hydrogen) atoms. The molecule has 1 aliphatic heterocycles. The van der Waals surface area contributed by atoms with E-state index in [0.29, 0.717) is 0 Å². The van der Waals surface area contributed by atoms with Crippen molar-refractivity contribution in [3.05, 3.63) is 0 Å². The molecular formula is C8H16F2N2. The van der Waals surface area contributed by atoms with Crippen molar-refractivity contribution in [3.63, 3.8) is 0 Å². The molecule has 1 unspecified atom stereocenters. The Balaban J connectivity index is 2.67. The number of nitrogens with two attached hydrogens (primary N) is 1. The number of halogens is 2. The molecule has 0 aromatic carbocycles. The van der Waals surface area contributed by atoms with Gasteiger partial charge in [-0.25, -0.2) is 8.78 Å². The molecule has 2 N–H and O–H groups in total. The van der Waals surface area contributed by atoms with Gasteiger partial charge in [0.2, 0.25) is 0 Å². The maximum absolute atomic E-state index is 13.0. The molecule has 0 bridgehead atoms. The minimum atomic E-state index is -2.72. The van der Waals surface area contributed by atoms with Crippen LogP contribution in [0, 0.1) is 0 Å². The van der Waals surface area contributed by atoms with Crippen molar-refractivity contribution >= 4 is 0 Å². The van der Waals surface area contributed by atoms with Crippen LogP contribution in [-0.4, -0.2) is 35.5 Å². The Bertz CT molecular complexity index is 174. The molecule has 1 rings (SSSR count). The van der Waals surface area contributed by atoms with Crippen molar-refractivity contribution in [2.75, 3.05) is 13.1 Å². The van der Waals surface area contributed by atoms with Gasteiger partial charge >= 0.3 is 0 Å². The van der Waals surface area contributed by atoms with Gasteiger partial charge in [0.25, 0.3) is 5.92 Å². The summed E-state index contributed by atoms with van der Waals surface area (Å²) in [5, 5.41) is 0. The molecule has 1 heterocycles. The van der Waals surface area contributed by atoms with Gasteiger partial charge in [-0.1, -0.05) is 0 Å². The highest BCUT2D eigenvalue weighted by atomic mass is 19.3. The molecule has 0 aromatic heterocycles. The van der Waals surface area contributed by atoms with E-state index in [1.807, 2.05) is 20.8 Å². The summed E-state index contributed by atoms with van der Waals surface area (Å²) in [5.41, 5.74) is 5.10. The average molecular weight is 178 g/mol. The fourth-order valence-corrected chi connectivity index (χ4v) is 1.32. The molecule has 1 saturated heterocycles. The van der Waals surface area contributed by atoms with Crippen molar-refractivity contribution in [3.8, 4) is 0 Å². The average Bonchev–Trinajstić information content (AvgIpc) is 2.06. The lowest BCUT2D eigenvalue weighted by Crippen LogP contribution is -2.40. The number of rotatable bonds is 0. The number of hydrogen-bond acceptors (Lipinski definition) is 2. The lowest BCUT2D eigenvalue weighted by molar-refractivity contribution is -0.00882. The molecule has 1 fully saturated rings. The first-order valence-electron chi connectivity index (χ1n) is 4.12. The molecule has 1 aliphatic rings. The minimum absolute atomic E-state index is 0.211. The van der Waals surface area contributed by atoms with Crippen LogP contribution in [0.15, 0.2) is 0 Å². The molecule has 2 nitrogen and oxygen atoms in total. The summed E-state index contributed by atoms with van der Waals surface area (Å²) < 4.78 is 25.9. The second-order valence-electron chi connectivity index (χ2n) is 4.42. The molecule has 4 heteroatoms. The fraction of sp³-hybridized carbons (Fsp3) is 1.00. The molecule has 0 aromatic rings. The number of nitrogens with zero attached hydrogens (tertiary/aromatic N) is 1. The van der Waals surface area contributed by atoms with Crippen LogP contribution in [0.4, 0.5) is 8.78 Å². The van der Waals surface area contributed by atoms with Crippen molar-refractivity contribution in [1.29, 1.82) is 0 Å². The maximum Gasteiger partial charge on any atom is 0.276 e. The number of alkyl halides is 2. The predicted octanol–water partition coefficient (Wildman–Crippen LogP) is 1.06. The van der Waals surface area contributed by atoms with Gasteiger partial charge in [0.15, 0.2) is 0 Å². The Labute approximate surface area is 71.7 Å². The normalized spacial score (nSPS) is 31.0. The Morgan fingerprint density at radius 1 is 1.42 bits per heavy atom. The first-order valence-corrected chi connectivity index (χ1v) is 4.12. The van der Waals surface area contributed by atoms with E-state index in [1.54, 1.807) is 4.90 Å². The highest BCUT2D eigenvalue weighted by molar-refractivity contribution is 4.97. The van der Waals surface area contributed by atoms with Crippen LogP contribution in [-0.2, 0) is 0 Å². The highest BCUT2D eigenvalue weighted by Gasteiger charge is 2.48. The molecule has 0 radical (unpaired) electrons. The summed E-state index contributed by atoms with van der Waals surface area (Å²) in [5.74, 6) is -2.72. The van der Waals surface area contributed by atoms with E-state index >= 15 is 0 Å². The van der Waals surface area contributed by atoms with E-state index in [0.717, 1.165) is 0 Å². The highest BCUT2D eigenvalue weighted by Crippen LogP contribution is 2.30. The van der Waals surface area contributed by atoms with Crippen LogP contribution in [0.1, 0.15) is 20.8 Å². The zero-order valence-corrected chi connectivity index (χ0v) is 7.77. The van der Waals surface area contributed by atoms with Gasteiger partial charge in [0.05, 0.1) is 12.6 Å². The summed E-state index contributed by atoms with van der Waals surface area (Å²) in [6, 6.07) is -1.00. The first-order chi connectivity index (χ1) is 5.23. The fourth-order valence-electron chi connectivity index (χ4n) is 1.32. The summed E-state index contributed by atoms with van der Waals surface area (Å²) >= 11 is 0. The van der Waals surface area contributed by atoms with Crippen LogP contribution < -0.4 is 5.73 Å². The molecule has 0 saturated carbocycles. The van der Waals surface area contributed by atoms with Crippen LogP contribution in [0.25, 0.3) is 0 Å². The summed E-state index contributed by atoms with van der Waals surface area (Å²) in [7, 11) is 0. The number of hydrogen-bond donors (Lipinski definition) is 1. The van der Waals surface area contributed by atoms with Crippen LogP contribution >= 0.6 is 0 Å². The van der Waals surface area contributed by atoms with Gasteiger partial charge in [-0.15, -0.1) is 0 Å². The Morgan fingerprint density at radius 2 is 1.92 bits per heavy atom. The van der Waals surface area contributed by atoms with E-state index in [1.165, 1.54) is 0 Å². The van der Waals surface area contributed by atoms with E-state index in [-0.39, 0.29) is 18.6 Å². The van der Waals surface area contributed by atoms with Crippen molar-refractivity contribution < 1.29 is 8.78 Å². The monoisotopic (exact) mass is 178 g/mol. The van der Waals surface area contributed by atoms with E-state index in [2.05, 4.69) is 0 Å². The number of likely N-dealkylation sites (tertiary alicyclic amines) is 1. The van der Waals surface area contributed by atoms with Gasteiger partial charge in [0.1, 0.15) is 0 Å². The first kappa shape index (κ1) is 9.86. The molecule has 72 valence electrons. The van der Waals surface area contributed by atoms with E-state index < -0.39 is 12.0 Å². The molecule has 0 amide bonds. The van der Waals surface area contributed by atoms with E-state index in [9.17, 15) is 8.78 Å². The molecule has 0 spiro atoms. The zero-order chi connectivity index (χ0) is 9.57. The Hall–Kier alpha value is -0.220. The Morgan fingerprint density at radius 3 is 2.08 bits per heavy atom. The lowest BCUT2D eigenvalue weighted by Gasteiger charge is -2.31. The van der Waals surface area contributed by atoms with Crippen LogP contribution in [0.5, 0.6) is 0 Å².